The zero-order valence-corrected chi connectivity index (χ0v) is 12.5. The zero-order valence-electron chi connectivity index (χ0n) is 12.5. The summed E-state index contributed by atoms with van der Waals surface area (Å²) in [5.74, 6) is 1.91. The highest BCUT2D eigenvalue weighted by Gasteiger charge is 2.34. The topological polar surface area (TPSA) is 30.5 Å². The van der Waals surface area contributed by atoms with Crippen LogP contribution in [-0.2, 0) is 0 Å². The van der Waals surface area contributed by atoms with Gasteiger partial charge in [-0.05, 0) is 39.4 Å². The molecule has 106 valence electrons. The Morgan fingerprint density at radius 1 is 1.42 bits per heavy atom. The maximum atomic E-state index is 6.08. The highest BCUT2D eigenvalue weighted by atomic mass is 16.5. The maximum Gasteiger partial charge on any atom is 0.128 e. The van der Waals surface area contributed by atoms with Crippen molar-refractivity contribution in [2.75, 3.05) is 13.7 Å². The van der Waals surface area contributed by atoms with E-state index in [4.69, 9.17) is 9.47 Å². The summed E-state index contributed by atoms with van der Waals surface area (Å²) in [5, 5.41) is 3.39. The summed E-state index contributed by atoms with van der Waals surface area (Å²) in [6, 6.07) is 6.37. The minimum Gasteiger partial charge on any atom is -0.493 e. The lowest BCUT2D eigenvalue weighted by Crippen LogP contribution is -2.38. The van der Waals surface area contributed by atoms with E-state index in [1.54, 1.807) is 0 Å². The molecule has 0 amide bonds. The molecule has 3 heteroatoms. The molecule has 1 aromatic carbocycles. The molecule has 0 aromatic heterocycles. The molecule has 1 heterocycles. The zero-order chi connectivity index (χ0) is 13.9. The number of fused-ring (bicyclic) bond motifs is 1. The molecule has 3 nitrogen and oxygen atoms in total. The highest BCUT2D eigenvalue weighted by molar-refractivity contribution is 5.48. The van der Waals surface area contributed by atoms with Gasteiger partial charge in [0.25, 0.3) is 0 Å². The minimum atomic E-state index is -0.136. The Hall–Kier alpha value is -1.22. The molecule has 1 aromatic rings. The van der Waals surface area contributed by atoms with Gasteiger partial charge in [0.1, 0.15) is 17.1 Å². The molecular weight excluding hydrogens is 238 g/mol. The largest absolute Gasteiger partial charge is 0.493 e. The van der Waals surface area contributed by atoms with Crippen LogP contribution in [0.1, 0.15) is 51.6 Å². The van der Waals surface area contributed by atoms with Gasteiger partial charge in [-0.15, -0.1) is 0 Å². The van der Waals surface area contributed by atoms with Crippen molar-refractivity contribution < 1.29 is 9.47 Å². The number of unbranched alkanes of at least 4 members (excludes halogenated alkanes) is 1. The SMILES string of the molecule is CCCCOc1cccc2c1C(NC)CC(C)(C)O2. The number of hydrogen-bond acceptors (Lipinski definition) is 3. The van der Waals surface area contributed by atoms with Gasteiger partial charge < -0.3 is 14.8 Å². The Kier molecular flexibility index (Phi) is 4.35. The monoisotopic (exact) mass is 263 g/mol. The summed E-state index contributed by atoms with van der Waals surface area (Å²) in [7, 11) is 2.00. The van der Waals surface area contributed by atoms with Crippen molar-refractivity contribution in [3.8, 4) is 11.5 Å². The average molecular weight is 263 g/mol. The van der Waals surface area contributed by atoms with E-state index in [1.807, 2.05) is 25.2 Å². The Morgan fingerprint density at radius 2 is 2.21 bits per heavy atom. The van der Waals surface area contributed by atoms with Crippen molar-refractivity contribution in [3.63, 3.8) is 0 Å². The van der Waals surface area contributed by atoms with Gasteiger partial charge in [-0.1, -0.05) is 19.4 Å². The second-order valence-electron chi connectivity index (χ2n) is 5.78. The first-order valence-corrected chi connectivity index (χ1v) is 7.19. The lowest BCUT2D eigenvalue weighted by Gasteiger charge is -2.38. The average Bonchev–Trinajstić information content (AvgIpc) is 2.36. The molecule has 0 aliphatic carbocycles. The van der Waals surface area contributed by atoms with Crippen LogP contribution in [0.25, 0.3) is 0 Å². The van der Waals surface area contributed by atoms with E-state index >= 15 is 0 Å². The molecule has 2 rings (SSSR count). The van der Waals surface area contributed by atoms with Gasteiger partial charge in [-0.3, -0.25) is 0 Å². The Bertz CT molecular complexity index is 429. The molecule has 0 radical (unpaired) electrons. The van der Waals surface area contributed by atoms with Crippen LogP contribution in [0.4, 0.5) is 0 Å². The van der Waals surface area contributed by atoms with Gasteiger partial charge in [0.05, 0.1) is 12.2 Å². The summed E-state index contributed by atoms with van der Waals surface area (Å²) in [6.45, 7) is 7.20. The molecule has 0 saturated heterocycles. The molecule has 0 saturated carbocycles. The van der Waals surface area contributed by atoms with Crippen molar-refractivity contribution in [2.45, 2.75) is 51.7 Å². The summed E-state index contributed by atoms with van der Waals surface area (Å²) in [4.78, 5) is 0. The summed E-state index contributed by atoms with van der Waals surface area (Å²) >= 11 is 0. The first-order chi connectivity index (χ1) is 9.07. The molecule has 1 atom stereocenters. The van der Waals surface area contributed by atoms with Crippen LogP contribution in [0.5, 0.6) is 11.5 Å². The van der Waals surface area contributed by atoms with Gasteiger partial charge in [-0.25, -0.2) is 0 Å². The van der Waals surface area contributed by atoms with E-state index < -0.39 is 0 Å². The van der Waals surface area contributed by atoms with Gasteiger partial charge in [-0.2, -0.15) is 0 Å². The lowest BCUT2D eigenvalue weighted by molar-refractivity contribution is 0.0658. The Balaban J connectivity index is 2.28. The molecule has 0 spiro atoms. The molecule has 0 bridgehead atoms. The third-order valence-corrected chi connectivity index (χ3v) is 3.56. The first kappa shape index (κ1) is 14.2. The Morgan fingerprint density at radius 3 is 2.89 bits per heavy atom. The van der Waals surface area contributed by atoms with Crippen LogP contribution < -0.4 is 14.8 Å². The summed E-state index contributed by atoms with van der Waals surface area (Å²) < 4.78 is 12.0. The predicted molar refractivity (Wildman–Crippen MR) is 78.0 cm³/mol. The van der Waals surface area contributed by atoms with E-state index in [0.717, 1.165) is 37.4 Å². The second kappa shape index (κ2) is 5.83. The lowest BCUT2D eigenvalue weighted by atomic mass is 9.89. The third-order valence-electron chi connectivity index (χ3n) is 3.56. The number of nitrogens with one attached hydrogen (secondary N) is 1. The molecule has 1 aliphatic rings. The number of ether oxygens (including phenoxy) is 2. The van der Waals surface area contributed by atoms with Gasteiger partial charge in [0.2, 0.25) is 0 Å². The van der Waals surface area contributed by atoms with Crippen LogP contribution in [0.2, 0.25) is 0 Å². The van der Waals surface area contributed by atoms with Crippen LogP contribution in [0.3, 0.4) is 0 Å². The van der Waals surface area contributed by atoms with Crippen LogP contribution in [0.15, 0.2) is 18.2 Å². The summed E-state index contributed by atoms with van der Waals surface area (Å²) in [6.07, 6.45) is 3.18. The summed E-state index contributed by atoms with van der Waals surface area (Å²) in [5.41, 5.74) is 1.03. The Labute approximate surface area is 116 Å². The standard InChI is InChI=1S/C16H25NO2/c1-5-6-10-18-13-8-7-9-14-15(13)12(17-4)11-16(2,3)19-14/h7-9,12,17H,5-6,10-11H2,1-4H3. The fourth-order valence-corrected chi connectivity index (χ4v) is 2.59. The molecular formula is C16H25NO2. The van der Waals surface area contributed by atoms with Crippen molar-refractivity contribution in [2.24, 2.45) is 0 Å². The van der Waals surface area contributed by atoms with Crippen LogP contribution in [-0.4, -0.2) is 19.3 Å². The van der Waals surface area contributed by atoms with E-state index in [2.05, 4.69) is 26.1 Å². The van der Waals surface area contributed by atoms with Crippen LogP contribution in [0, 0.1) is 0 Å². The fraction of sp³-hybridized carbons (Fsp3) is 0.625. The number of benzene rings is 1. The highest BCUT2D eigenvalue weighted by Crippen LogP contribution is 2.43. The maximum absolute atomic E-state index is 6.08. The molecule has 1 unspecified atom stereocenters. The fourth-order valence-electron chi connectivity index (χ4n) is 2.59. The molecule has 0 fully saturated rings. The third kappa shape index (κ3) is 3.21. The first-order valence-electron chi connectivity index (χ1n) is 7.19. The van der Waals surface area contributed by atoms with Crippen molar-refractivity contribution in [3.05, 3.63) is 23.8 Å². The van der Waals surface area contributed by atoms with E-state index in [9.17, 15) is 0 Å². The van der Waals surface area contributed by atoms with Crippen molar-refractivity contribution in [1.29, 1.82) is 0 Å². The number of rotatable bonds is 5. The van der Waals surface area contributed by atoms with Crippen LogP contribution >= 0.6 is 0 Å². The molecule has 1 aliphatic heterocycles. The van der Waals surface area contributed by atoms with Crippen molar-refractivity contribution >= 4 is 0 Å². The molecule has 19 heavy (non-hydrogen) atoms. The second-order valence-corrected chi connectivity index (χ2v) is 5.78. The quantitative estimate of drug-likeness (QED) is 0.822. The number of hydrogen-bond donors (Lipinski definition) is 1. The van der Waals surface area contributed by atoms with Crippen molar-refractivity contribution in [1.82, 2.24) is 5.32 Å². The van der Waals surface area contributed by atoms with Gasteiger partial charge in [0.15, 0.2) is 0 Å². The minimum absolute atomic E-state index is 0.136. The van der Waals surface area contributed by atoms with Gasteiger partial charge >= 0.3 is 0 Å². The predicted octanol–water partition coefficient (Wildman–Crippen LogP) is 3.69. The van der Waals surface area contributed by atoms with E-state index in [1.165, 1.54) is 5.56 Å². The van der Waals surface area contributed by atoms with E-state index in [-0.39, 0.29) is 11.6 Å². The normalized spacial score (nSPS) is 20.5. The van der Waals surface area contributed by atoms with E-state index in [0.29, 0.717) is 0 Å². The molecule has 1 N–H and O–H groups in total. The van der Waals surface area contributed by atoms with Gasteiger partial charge in [0, 0.05) is 12.5 Å². The smallest absolute Gasteiger partial charge is 0.128 e.